The summed E-state index contributed by atoms with van der Waals surface area (Å²) in [4.78, 5) is 18.9. The van der Waals surface area contributed by atoms with E-state index >= 15 is 0 Å². The molecule has 1 aromatic carbocycles. The van der Waals surface area contributed by atoms with Crippen molar-refractivity contribution in [3.8, 4) is 0 Å². The van der Waals surface area contributed by atoms with Crippen molar-refractivity contribution < 1.29 is 27.4 Å². The second-order valence-electron chi connectivity index (χ2n) is 7.17. The van der Waals surface area contributed by atoms with Crippen LogP contribution in [0.4, 0.5) is 18.9 Å². The van der Waals surface area contributed by atoms with Crippen LogP contribution in [-0.4, -0.2) is 47.0 Å². The molecule has 0 saturated carbocycles. The van der Waals surface area contributed by atoms with Crippen molar-refractivity contribution >= 4 is 22.7 Å². The first-order valence-electron chi connectivity index (χ1n) is 9.81. The molecule has 10 heteroatoms. The minimum absolute atomic E-state index is 0.223. The number of esters is 1. The van der Waals surface area contributed by atoms with Crippen LogP contribution >= 0.6 is 0 Å². The summed E-state index contributed by atoms with van der Waals surface area (Å²) in [6.45, 7) is 3.14. The van der Waals surface area contributed by atoms with Gasteiger partial charge in [-0.05, 0) is 24.6 Å². The number of hydrogen-bond acceptors (Lipinski definition) is 6. The Labute approximate surface area is 176 Å². The Bertz CT molecular complexity index is 1100. The lowest BCUT2D eigenvalue weighted by Gasteiger charge is -2.35. The lowest BCUT2D eigenvalue weighted by molar-refractivity contribution is -0.137. The summed E-state index contributed by atoms with van der Waals surface area (Å²) in [7, 11) is 1.76. The molecule has 0 bridgehead atoms. The lowest BCUT2D eigenvalue weighted by Crippen LogP contribution is -2.39. The molecule has 0 radical (unpaired) electrons. The quantitative estimate of drug-likeness (QED) is 0.583. The number of fused-ring (bicyclic) bond motifs is 1. The first-order chi connectivity index (χ1) is 14.8. The third-order valence-corrected chi connectivity index (χ3v) is 5.22. The molecule has 164 valence electrons. The Morgan fingerprint density at radius 1 is 1.26 bits per heavy atom. The SMILES string of the molecule is CCOC(=O)c1cnc2c(cnn2C)c1N1CCOC(c2ccc(C(F)(F)F)cc2)C1. The van der Waals surface area contributed by atoms with E-state index in [0.717, 1.165) is 12.1 Å². The summed E-state index contributed by atoms with van der Waals surface area (Å²) in [5.74, 6) is -0.492. The highest BCUT2D eigenvalue weighted by molar-refractivity contribution is 6.04. The van der Waals surface area contributed by atoms with Crippen LogP contribution in [0.2, 0.25) is 0 Å². The van der Waals surface area contributed by atoms with Crippen molar-refractivity contribution in [1.29, 1.82) is 0 Å². The van der Waals surface area contributed by atoms with E-state index in [2.05, 4.69) is 10.1 Å². The fourth-order valence-corrected chi connectivity index (χ4v) is 3.72. The second kappa shape index (κ2) is 8.18. The van der Waals surface area contributed by atoms with Gasteiger partial charge in [-0.1, -0.05) is 12.1 Å². The van der Waals surface area contributed by atoms with E-state index in [-0.39, 0.29) is 6.61 Å². The Morgan fingerprint density at radius 2 is 2.00 bits per heavy atom. The molecule has 31 heavy (non-hydrogen) atoms. The third kappa shape index (κ3) is 4.07. The van der Waals surface area contributed by atoms with Crippen LogP contribution in [-0.2, 0) is 22.7 Å². The Morgan fingerprint density at radius 3 is 2.68 bits per heavy atom. The zero-order valence-electron chi connectivity index (χ0n) is 17.0. The van der Waals surface area contributed by atoms with E-state index in [4.69, 9.17) is 9.47 Å². The van der Waals surface area contributed by atoms with E-state index in [0.29, 0.717) is 47.5 Å². The van der Waals surface area contributed by atoms with Crippen LogP contribution in [0.1, 0.15) is 34.5 Å². The first kappa shape index (κ1) is 21.1. The monoisotopic (exact) mass is 434 g/mol. The van der Waals surface area contributed by atoms with Crippen molar-refractivity contribution in [1.82, 2.24) is 14.8 Å². The van der Waals surface area contributed by atoms with Gasteiger partial charge in [-0.3, -0.25) is 4.68 Å². The number of halogens is 3. The number of alkyl halides is 3. The lowest BCUT2D eigenvalue weighted by atomic mass is 10.0. The highest BCUT2D eigenvalue weighted by Gasteiger charge is 2.32. The maximum Gasteiger partial charge on any atom is 0.416 e. The zero-order valence-corrected chi connectivity index (χ0v) is 17.0. The highest BCUT2D eigenvalue weighted by atomic mass is 19.4. The molecular weight excluding hydrogens is 413 g/mol. The molecule has 3 heterocycles. The standard InChI is InChI=1S/C21H21F3N4O3/c1-3-30-20(29)16-10-25-19-15(11-26-27(19)2)18(16)28-8-9-31-17(12-28)13-4-6-14(7-5-13)21(22,23)24/h4-7,10-11,17H,3,8-9,12H2,1-2H3. The number of aryl methyl sites for hydroxylation is 1. The van der Waals surface area contributed by atoms with Crippen molar-refractivity contribution in [3.05, 3.63) is 53.3 Å². The topological polar surface area (TPSA) is 69.5 Å². The molecule has 7 nitrogen and oxygen atoms in total. The van der Waals surface area contributed by atoms with Crippen LogP contribution in [0.5, 0.6) is 0 Å². The van der Waals surface area contributed by atoms with Gasteiger partial charge in [0.05, 0.1) is 36.0 Å². The molecule has 1 unspecified atom stereocenters. The fourth-order valence-electron chi connectivity index (χ4n) is 3.72. The van der Waals surface area contributed by atoms with Crippen LogP contribution < -0.4 is 4.90 Å². The number of rotatable bonds is 4. The summed E-state index contributed by atoms with van der Waals surface area (Å²) in [5.41, 5.74) is 1.49. The predicted octanol–water partition coefficient (Wildman–Crippen LogP) is 3.74. The third-order valence-electron chi connectivity index (χ3n) is 5.22. The van der Waals surface area contributed by atoms with E-state index in [1.807, 2.05) is 4.90 Å². The molecule has 4 rings (SSSR count). The number of nitrogens with zero attached hydrogens (tertiary/aromatic N) is 4. The van der Waals surface area contributed by atoms with Gasteiger partial charge in [-0.25, -0.2) is 9.78 Å². The average Bonchev–Trinajstić information content (AvgIpc) is 3.14. The molecule has 0 amide bonds. The van der Waals surface area contributed by atoms with E-state index in [9.17, 15) is 18.0 Å². The normalized spacial score (nSPS) is 17.2. The van der Waals surface area contributed by atoms with Gasteiger partial charge in [0.15, 0.2) is 5.65 Å². The number of carbonyl (C=O) groups is 1. The highest BCUT2D eigenvalue weighted by Crippen LogP contribution is 2.35. The minimum atomic E-state index is -4.39. The number of aromatic nitrogens is 3. The van der Waals surface area contributed by atoms with Crippen LogP contribution in [0.25, 0.3) is 11.0 Å². The molecule has 3 aromatic rings. The fraction of sp³-hybridized carbons (Fsp3) is 0.381. The summed E-state index contributed by atoms with van der Waals surface area (Å²) in [5, 5.41) is 4.94. The average molecular weight is 434 g/mol. The van der Waals surface area contributed by atoms with Crippen molar-refractivity contribution in [2.24, 2.45) is 7.05 Å². The van der Waals surface area contributed by atoms with Crippen molar-refractivity contribution in [3.63, 3.8) is 0 Å². The van der Waals surface area contributed by atoms with Gasteiger partial charge in [-0.15, -0.1) is 0 Å². The first-order valence-corrected chi connectivity index (χ1v) is 9.81. The molecule has 1 saturated heterocycles. The van der Waals surface area contributed by atoms with Gasteiger partial charge in [0.2, 0.25) is 0 Å². The molecule has 1 aliphatic heterocycles. The van der Waals surface area contributed by atoms with Crippen molar-refractivity contribution in [2.75, 3.05) is 31.2 Å². The molecule has 2 aromatic heterocycles. The van der Waals surface area contributed by atoms with E-state index in [1.54, 1.807) is 24.9 Å². The van der Waals surface area contributed by atoms with Crippen molar-refractivity contribution in [2.45, 2.75) is 19.2 Å². The maximum atomic E-state index is 12.9. The maximum absolute atomic E-state index is 12.9. The van der Waals surface area contributed by atoms with Crippen LogP contribution in [0, 0.1) is 0 Å². The summed E-state index contributed by atoms with van der Waals surface area (Å²) in [6, 6.07) is 4.95. The van der Waals surface area contributed by atoms with Gasteiger partial charge in [0.25, 0.3) is 0 Å². The molecule has 1 atom stereocenters. The number of pyridine rings is 1. The van der Waals surface area contributed by atoms with Crippen LogP contribution in [0.3, 0.4) is 0 Å². The van der Waals surface area contributed by atoms with Crippen LogP contribution in [0.15, 0.2) is 36.7 Å². The Hall–Kier alpha value is -3.14. The number of ether oxygens (including phenoxy) is 2. The minimum Gasteiger partial charge on any atom is -0.462 e. The molecule has 0 spiro atoms. The smallest absolute Gasteiger partial charge is 0.416 e. The largest absolute Gasteiger partial charge is 0.462 e. The Kier molecular flexibility index (Phi) is 5.57. The number of benzene rings is 1. The Balaban J connectivity index is 1.69. The summed E-state index contributed by atoms with van der Waals surface area (Å²) >= 11 is 0. The predicted molar refractivity (Wildman–Crippen MR) is 107 cm³/mol. The van der Waals surface area contributed by atoms with E-state index in [1.165, 1.54) is 18.3 Å². The molecule has 0 aliphatic carbocycles. The molecular formula is C21H21F3N4O3. The number of carbonyl (C=O) groups excluding carboxylic acids is 1. The number of anilines is 1. The van der Waals surface area contributed by atoms with Gasteiger partial charge < -0.3 is 14.4 Å². The second-order valence-corrected chi connectivity index (χ2v) is 7.17. The number of hydrogen-bond donors (Lipinski definition) is 0. The zero-order chi connectivity index (χ0) is 22.2. The number of morpholine rings is 1. The molecule has 0 N–H and O–H groups in total. The van der Waals surface area contributed by atoms with Gasteiger partial charge >= 0.3 is 12.1 Å². The van der Waals surface area contributed by atoms with Gasteiger partial charge in [-0.2, -0.15) is 18.3 Å². The van der Waals surface area contributed by atoms with E-state index < -0.39 is 23.8 Å². The molecule has 1 fully saturated rings. The summed E-state index contributed by atoms with van der Waals surface area (Å²) in [6.07, 6.45) is -1.73. The molecule has 1 aliphatic rings. The summed E-state index contributed by atoms with van der Waals surface area (Å²) < 4.78 is 51.3. The van der Waals surface area contributed by atoms with Gasteiger partial charge in [0.1, 0.15) is 11.7 Å². The van der Waals surface area contributed by atoms with Gasteiger partial charge in [0, 0.05) is 26.3 Å².